The van der Waals surface area contributed by atoms with Gasteiger partial charge in [0.25, 0.3) is 0 Å². The Morgan fingerprint density at radius 3 is 2.76 bits per heavy atom. The van der Waals surface area contributed by atoms with Gasteiger partial charge in [-0.2, -0.15) is 5.26 Å². The van der Waals surface area contributed by atoms with E-state index in [0.717, 1.165) is 38.2 Å². The molecule has 3 nitrogen and oxygen atoms in total. The lowest BCUT2D eigenvalue weighted by molar-refractivity contribution is 1.02. The molecular weight excluding hydrogens is 302 g/mol. The van der Waals surface area contributed by atoms with Crippen molar-refractivity contribution in [2.75, 3.05) is 0 Å². The van der Waals surface area contributed by atoms with E-state index < -0.39 is 0 Å². The standard InChI is InChI=1S/C16H14ClN3S/c1-9-8-12(4-5-13(9)17)15-14(6-7-18)20-10(2)11(3)21-16(20)19-15/h4-5,8H,6H2,1-3H3. The molecule has 21 heavy (non-hydrogen) atoms. The van der Waals surface area contributed by atoms with Crippen LogP contribution in [0.2, 0.25) is 5.02 Å². The molecule has 0 aliphatic heterocycles. The number of fused-ring (bicyclic) bond motifs is 1. The average Bonchev–Trinajstić information content (AvgIpc) is 2.92. The van der Waals surface area contributed by atoms with Crippen molar-refractivity contribution in [1.29, 1.82) is 5.26 Å². The lowest BCUT2D eigenvalue weighted by atomic mass is 10.1. The minimum atomic E-state index is 0.342. The number of hydrogen-bond donors (Lipinski definition) is 0. The molecule has 0 atom stereocenters. The van der Waals surface area contributed by atoms with Crippen LogP contribution in [0.4, 0.5) is 0 Å². The molecule has 0 aliphatic rings. The van der Waals surface area contributed by atoms with Gasteiger partial charge in [0, 0.05) is 21.2 Å². The predicted molar refractivity (Wildman–Crippen MR) is 87.0 cm³/mol. The summed E-state index contributed by atoms with van der Waals surface area (Å²) in [7, 11) is 0. The fraction of sp³-hybridized carbons (Fsp3) is 0.250. The lowest BCUT2D eigenvalue weighted by Crippen LogP contribution is -1.95. The Kier molecular flexibility index (Phi) is 3.48. The Morgan fingerprint density at radius 1 is 1.33 bits per heavy atom. The second-order valence-electron chi connectivity index (χ2n) is 5.07. The topological polar surface area (TPSA) is 41.1 Å². The third-order valence-corrected chi connectivity index (χ3v) is 5.19. The van der Waals surface area contributed by atoms with Crippen LogP contribution in [0.5, 0.6) is 0 Å². The van der Waals surface area contributed by atoms with Gasteiger partial charge in [0.1, 0.15) is 0 Å². The van der Waals surface area contributed by atoms with Crippen molar-refractivity contribution < 1.29 is 0 Å². The lowest BCUT2D eigenvalue weighted by Gasteiger charge is -2.05. The van der Waals surface area contributed by atoms with E-state index in [4.69, 9.17) is 21.8 Å². The monoisotopic (exact) mass is 315 g/mol. The molecule has 3 rings (SSSR count). The predicted octanol–water partition coefficient (Wildman–Crippen LogP) is 4.71. The zero-order valence-electron chi connectivity index (χ0n) is 12.1. The van der Waals surface area contributed by atoms with Gasteiger partial charge in [-0.25, -0.2) is 4.98 Å². The number of benzene rings is 1. The summed E-state index contributed by atoms with van der Waals surface area (Å²) in [6.45, 7) is 6.12. The summed E-state index contributed by atoms with van der Waals surface area (Å²) in [5, 5.41) is 9.90. The van der Waals surface area contributed by atoms with E-state index >= 15 is 0 Å². The summed E-state index contributed by atoms with van der Waals surface area (Å²) >= 11 is 7.75. The normalized spacial score (nSPS) is 11.0. The summed E-state index contributed by atoms with van der Waals surface area (Å²) in [5.41, 5.74) is 5.02. The first-order valence-electron chi connectivity index (χ1n) is 6.63. The van der Waals surface area contributed by atoms with Gasteiger partial charge in [-0.05, 0) is 38.5 Å². The highest BCUT2D eigenvalue weighted by molar-refractivity contribution is 7.17. The van der Waals surface area contributed by atoms with E-state index in [-0.39, 0.29) is 0 Å². The molecule has 2 aromatic heterocycles. The first kappa shape index (κ1) is 14.1. The van der Waals surface area contributed by atoms with Gasteiger partial charge in [-0.3, -0.25) is 4.40 Å². The van der Waals surface area contributed by atoms with Crippen molar-refractivity contribution in [2.45, 2.75) is 27.2 Å². The molecule has 1 aromatic carbocycles. The highest BCUT2D eigenvalue weighted by Crippen LogP contribution is 2.32. The minimum Gasteiger partial charge on any atom is -0.290 e. The Morgan fingerprint density at radius 2 is 2.10 bits per heavy atom. The van der Waals surface area contributed by atoms with Crippen molar-refractivity contribution in [3.63, 3.8) is 0 Å². The number of thiazole rings is 1. The number of hydrogen-bond acceptors (Lipinski definition) is 3. The van der Waals surface area contributed by atoms with Crippen LogP contribution in [0.25, 0.3) is 16.2 Å². The second-order valence-corrected chi connectivity index (χ2v) is 6.66. The Labute approximate surface area is 132 Å². The van der Waals surface area contributed by atoms with E-state index in [1.165, 1.54) is 4.88 Å². The summed E-state index contributed by atoms with van der Waals surface area (Å²) < 4.78 is 2.10. The summed E-state index contributed by atoms with van der Waals surface area (Å²) in [5.74, 6) is 0. The number of nitriles is 1. The quantitative estimate of drug-likeness (QED) is 0.687. The van der Waals surface area contributed by atoms with Crippen molar-refractivity contribution in [3.8, 4) is 17.3 Å². The van der Waals surface area contributed by atoms with Crippen molar-refractivity contribution >= 4 is 27.9 Å². The molecule has 0 aliphatic carbocycles. The van der Waals surface area contributed by atoms with E-state index in [2.05, 4.69) is 24.3 Å². The van der Waals surface area contributed by atoms with Crippen LogP contribution in [0.1, 0.15) is 21.8 Å². The van der Waals surface area contributed by atoms with Crippen LogP contribution in [0.15, 0.2) is 18.2 Å². The smallest absolute Gasteiger partial charge is 0.194 e. The van der Waals surface area contributed by atoms with Gasteiger partial charge in [0.2, 0.25) is 0 Å². The van der Waals surface area contributed by atoms with Crippen LogP contribution in [-0.4, -0.2) is 9.38 Å². The first-order valence-corrected chi connectivity index (χ1v) is 7.83. The van der Waals surface area contributed by atoms with Gasteiger partial charge in [-0.15, -0.1) is 11.3 Å². The highest BCUT2D eigenvalue weighted by atomic mass is 35.5. The Hall–Kier alpha value is -1.83. The molecule has 0 N–H and O–H groups in total. The molecule has 0 radical (unpaired) electrons. The number of aromatic nitrogens is 2. The Balaban J connectivity index is 2.29. The molecule has 0 bridgehead atoms. The number of imidazole rings is 1. The molecule has 3 aromatic rings. The van der Waals surface area contributed by atoms with Crippen LogP contribution in [-0.2, 0) is 6.42 Å². The number of aryl methyl sites for hydroxylation is 3. The summed E-state index contributed by atoms with van der Waals surface area (Å²) in [6.07, 6.45) is 0.342. The van der Waals surface area contributed by atoms with E-state index in [1.807, 2.05) is 25.1 Å². The maximum Gasteiger partial charge on any atom is 0.194 e. The minimum absolute atomic E-state index is 0.342. The van der Waals surface area contributed by atoms with Crippen molar-refractivity contribution in [3.05, 3.63) is 45.1 Å². The van der Waals surface area contributed by atoms with E-state index in [0.29, 0.717) is 6.42 Å². The molecule has 0 fully saturated rings. The van der Waals surface area contributed by atoms with Crippen molar-refractivity contribution in [1.82, 2.24) is 9.38 Å². The van der Waals surface area contributed by atoms with Crippen LogP contribution >= 0.6 is 22.9 Å². The zero-order chi connectivity index (χ0) is 15.1. The van der Waals surface area contributed by atoms with Crippen LogP contribution < -0.4 is 0 Å². The molecule has 0 saturated carbocycles. The molecular formula is C16H14ClN3S. The Bertz CT molecular complexity index is 883. The number of rotatable bonds is 2. The second kappa shape index (κ2) is 5.18. The third kappa shape index (κ3) is 2.23. The summed E-state index contributed by atoms with van der Waals surface area (Å²) in [4.78, 5) is 6.92. The highest BCUT2D eigenvalue weighted by Gasteiger charge is 2.18. The molecule has 0 spiro atoms. The largest absolute Gasteiger partial charge is 0.290 e. The van der Waals surface area contributed by atoms with Gasteiger partial charge in [0.15, 0.2) is 4.96 Å². The summed E-state index contributed by atoms with van der Waals surface area (Å²) in [6, 6.07) is 8.12. The molecule has 106 valence electrons. The maximum absolute atomic E-state index is 9.16. The molecule has 2 heterocycles. The van der Waals surface area contributed by atoms with Gasteiger partial charge in [0.05, 0.1) is 23.9 Å². The number of halogens is 1. The van der Waals surface area contributed by atoms with Crippen LogP contribution in [0.3, 0.4) is 0 Å². The van der Waals surface area contributed by atoms with Gasteiger partial charge in [-0.1, -0.05) is 17.7 Å². The van der Waals surface area contributed by atoms with E-state index in [9.17, 15) is 0 Å². The molecule has 0 unspecified atom stereocenters. The maximum atomic E-state index is 9.16. The SMILES string of the molecule is Cc1cc(-c2nc3sc(C)c(C)n3c2CC#N)ccc1Cl. The third-order valence-electron chi connectivity index (χ3n) is 3.71. The molecule has 0 amide bonds. The number of nitrogens with zero attached hydrogens (tertiary/aromatic N) is 3. The molecule has 5 heteroatoms. The zero-order valence-corrected chi connectivity index (χ0v) is 13.6. The van der Waals surface area contributed by atoms with Crippen molar-refractivity contribution in [2.24, 2.45) is 0 Å². The van der Waals surface area contributed by atoms with E-state index in [1.54, 1.807) is 11.3 Å². The fourth-order valence-corrected chi connectivity index (χ4v) is 3.58. The average molecular weight is 316 g/mol. The fourth-order valence-electron chi connectivity index (χ4n) is 2.47. The molecule has 0 saturated heterocycles. The van der Waals surface area contributed by atoms with Gasteiger partial charge < -0.3 is 0 Å². The van der Waals surface area contributed by atoms with Crippen LogP contribution in [0, 0.1) is 32.1 Å². The van der Waals surface area contributed by atoms with Gasteiger partial charge >= 0.3 is 0 Å². The first-order chi connectivity index (χ1) is 10.0.